The Balaban J connectivity index is 1.55. The molecule has 0 aliphatic carbocycles. The number of anilines is 1. The number of phosphoric ester groups is 3. The molecule has 3 unspecified atom stereocenters. The van der Waals surface area contributed by atoms with Gasteiger partial charge >= 0.3 is 23.5 Å². The van der Waals surface area contributed by atoms with Crippen LogP contribution in [0.25, 0.3) is 11.2 Å². The first-order chi connectivity index (χ1) is 23.7. The molecule has 290 valence electrons. The molecule has 22 nitrogen and oxygen atoms in total. The highest BCUT2D eigenvalue weighted by molar-refractivity contribution is 8.76. The first-order valence-electron chi connectivity index (χ1n) is 14.9. The van der Waals surface area contributed by atoms with Gasteiger partial charge in [-0.3, -0.25) is 27.7 Å². The van der Waals surface area contributed by atoms with E-state index in [0.29, 0.717) is 12.3 Å². The highest BCUT2D eigenvalue weighted by atomic mass is 33.1. The van der Waals surface area contributed by atoms with Gasteiger partial charge < -0.3 is 50.9 Å². The monoisotopic (exact) mass is 826 g/mol. The molecular weight excluding hydrogens is 785 g/mol. The summed E-state index contributed by atoms with van der Waals surface area (Å²) >= 11 is 0. The first-order valence-corrected chi connectivity index (χ1v) is 21.9. The van der Waals surface area contributed by atoms with E-state index in [-0.39, 0.29) is 35.7 Å². The Bertz CT molecular complexity index is 1650. The number of phosphoric acid groups is 3. The molecule has 0 spiro atoms. The second kappa shape index (κ2) is 18.6. The van der Waals surface area contributed by atoms with Crippen molar-refractivity contribution in [3.8, 4) is 0 Å². The lowest BCUT2D eigenvalue weighted by Gasteiger charge is -2.30. The molecule has 3 heterocycles. The van der Waals surface area contributed by atoms with Gasteiger partial charge in [0, 0.05) is 42.6 Å². The van der Waals surface area contributed by atoms with Crippen molar-refractivity contribution in [1.29, 1.82) is 0 Å². The van der Waals surface area contributed by atoms with Gasteiger partial charge in [0.15, 0.2) is 11.9 Å². The molecule has 0 radical (unpaired) electrons. The maximum Gasteiger partial charge on any atom is 0.481 e. The van der Waals surface area contributed by atoms with E-state index in [2.05, 4.69) is 29.4 Å². The van der Waals surface area contributed by atoms with E-state index in [9.17, 15) is 53.1 Å². The van der Waals surface area contributed by atoms with Crippen molar-refractivity contribution in [2.45, 2.75) is 57.8 Å². The number of carbonyl (C=O) groups excluding carboxylic acids is 2. The van der Waals surface area contributed by atoms with E-state index in [1.54, 1.807) is 21.6 Å². The molecule has 10 N–H and O–H groups in total. The Hall–Kier alpha value is -1.69. The van der Waals surface area contributed by atoms with Gasteiger partial charge in [0.25, 0.3) is 0 Å². The van der Waals surface area contributed by atoms with Crippen LogP contribution in [0.5, 0.6) is 0 Å². The van der Waals surface area contributed by atoms with Gasteiger partial charge in [-0.05, 0) is 6.07 Å². The zero-order chi connectivity index (χ0) is 38.2. The van der Waals surface area contributed by atoms with Crippen LogP contribution in [0.4, 0.5) is 5.69 Å². The van der Waals surface area contributed by atoms with Gasteiger partial charge in [-0.1, -0.05) is 42.4 Å². The summed E-state index contributed by atoms with van der Waals surface area (Å²) in [6.45, 7) is 2.93. The maximum absolute atomic E-state index is 12.6. The third kappa shape index (κ3) is 13.3. The number of pyridine rings is 1. The molecule has 0 saturated carbocycles. The first kappa shape index (κ1) is 43.7. The minimum absolute atomic E-state index is 0.0725. The van der Waals surface area contributed by atoms with E-state index in [4.69, 9.17) is 19.5 Å². The zero-order valence-electron chi connectivity index (χ0n) is 27.4. The number of amides is 2. The number of nitrogens with zero attached hydrogens (tertiary/aromatic N) is 3. The molecule has 3 rings (SSSR count). The van der Waals surface area contributed by atoms with E-state index in [0.717, 1.165) is 12.1 Å². The number of nitrogens with two attached hydrogens (primary N) is 1. The third-order valence-electron chi connectivity index (χ3n) is 6.89. The number of ether oxygens (including phenoxy) is 1. The van der Waals surface area contributed by atoms with Gasteiger partial charge in [-0.25, -0.2) is 23.7 Å². The van der Waals surface area contributed by atoms with Crippen molar-refractivity contribution in [2.24, 2.45) is 5.41 Å². The summed E-state index contributed by atoms with van der Waals surface area (Å²) in [5, 5.41) is 26.4. The molecule has 2 aromatic heterocycles. The summed E-state index contributed by atoms with van der Waals surface area (Å²) < 4.78 is 62.1. The quantitative estimate of drug-likeness (QED) is 0.0467. The molecule has 51 heavy (non-hydrogen) atoms. The number of fused-ring (bicyclic) bond motifs is 1. The van der Waals surface area contributed by atoms with Crippen molar-refractivity contribution in [1.82, 2.24) is 25.2 Å². The largest absolute Gasteiger partial charge is 0.481 e. The molecule has 1 fully saturated rings. The normalized spacial score (nSPS) is 22.7. The Labute approximate surface area is 299 Å². The minimum Gasteiger partial charge on any atom is -0.397 e. The smallest absolute Gasteiger partial charge is 0.397 e. The Morgan fingerprint density at radius 1 is 1.10 bits per heavy atom. The topological polar surface area (TPSA) is 334 Å². The van der Waals surface area contributed by atoms with Gasteiger partial charge in [0.1, 0.15) is 29.9 Å². The average molecular weight is 827 g/mol. The fourth-order valence-electron chi connectivity index (χ4n) is 4.40. The standard InChI is InChI=1S/C24H41N6O16P3S2/c1-4-50-51-10-9-26-16(31)6-8-28-22(34)20(33)24(2,3)12-43-49(40,41)46-48(38,39)42-11-15-19(45-47(35,36)37)18(32)23(44-15)30-13-29-17-14(25)5-7-27-21(17)30/h5,7,13,15,18-20,23,32-33H,4,6,8-12H2,1-3H3,(H2,25,27)(H,26,31)(H,28,34)(H,38,39)(H,40,41)(H2,35,36,37)/t15-,18?,19+,20-,23-/m1/s1. The Morgan fingerprint density at radius 2 is 1.78 bits per heavy atom. The van der Waals surface area contributed by atoms with Crippen LogP contribution in [0.1, 0.15) is 33.4 Å². The molecule has 0 aromatic carbocycles. The maximum atomic E-state index is 12.6. The van der Waals surface area contributed by atoms with E-state index < -0.39 is 78.6 Å². The lowest BCUT2D eigenvalue weighted by Crippen LogP contribution is -2.46. The van der Waals surface area contributed by atoms with Gasteiger partial charge in [-0.2, -0.15) is 4.31 Å². The fraction of sp³-hybridized carbons (Fsp3) is 0.667. The van der Waals surface area contributed by atoms with Crippen LogP contribution < -0.4 is 16.4 Å². The van der Waals surface area contributed by atoms with Gasteiger partial charge in [0.2, 0.25) is 11.8 Å². The molecule has 2 amide bonds. The third-order valence-corrected chi connectivity index (χ3v) is 12.5. The molecule has 1 aliphatic rings. The lowest BCUT2D eigenvalue weighted by molar-refractivity contribution is -0.137. The van der Waals surface area contributed by atoms with E-state index in [1.165, 1.54) is 30.7 Å². The van der Waals surface area contributed by atoms with Crippen LogP contribution in [-0.2, 0) is 45.9 Å². The van der Waals surface area contributed by atoms with Crippen molar-refractivity contribution < 1.29 is 75.7 Å². The molecule has 1 aliphatic heterocycles. The van der Waals surface area contributed by atoms with Crippen molar-refractivity contribution >= 4 is 73.7 Å². The number of nitrogens with one attached hydrogen (secondary N) is 2. The molecule has 7 atom stereocenters. The SMILES string of the molecule is CCSSCCNC(=O)CCNC(=O)[C@@H](O)C(C)(C)COP(=O)(O)OP(=O)(O)OC[C@H]1O[C@@H](n2cnc3c(N)ccnc32)C(O)[C@H]1OP(=O)(O)O. The van der Waals surface area contributed by atoms with Crippen LogP contribution >= 0.6 is 45.1 Å². The Kier molecular flexibility index (Phi) is 15.9. The number of carbonyl (C=O) groups is 2. The molecule has 2 aromatic rings. The molecule has 0 bridgehead atoms. The fourth-order valence-corrected chi connectivity index (χ4v) is 8.80. The van der Waals surface area contributed by atoms with Crippen molar-refractivity contribution in [2.75, 3.05) is 43.5 Å². The second-order valence-electron chi connectivity index (χ2n) is 11.4. The van der Waals surface area contributed by atoms with Crippen LogP contribution in [0.3, 0.4) is 0 Å². The predicted molar refractivity (Wildman–Crippen MR) is 182 cm³/mol. The Morgan fingerprint density at radius 3 is 2.45 bits per heavy atom. The number of hydrogen-bond acceptors (Lipinski definition) is 17. The number of aliphatic hydroxyl groups is 2. The van der Waals surface area contributed by atoms with Crippen molar-refractivity contribution in [3.05, 3.63) is 18.6 Å². The number of nitrogen functional groups attached to an aromatic ring is 1. The minimum atomic E-state index is -5.53. The summed E-state index contributed by atoms with van der Waals surface area (Å²) in [4.78, 5) is 71.6. The lowest BCUT2D eigenvalue weighted by atomic mass is 9.87. The van der Waals surface area contributed by atoms with Crippen LogP contribution in [0, 0.1) is 5.41 Å². The summed E-state index contributed by atoms with van der Waals surface area (Å²) in [7, 11) is -13.0. The number of hydrogen-bond donors (Lipinski definition) is 9. The van der Waals surface area contributed by atoms with Crippen LogP contribution in [0.2, 0.25) is 0 Å². The van der Waals surface area contributed by atoms with Gasteiger partial charge in [0.05, 0.1) is 25.2 Å². The van der Waals surface area contributed by atoms with E-state index in [1.807, 2.05) is 6.92 Å². The summed E-state index contributed by atoms with van der Waals surface area (Å²) in [6.07, 6.45) is -6.32. The molecule has 1 saturated heterocycles. The zero-order valence-corrected chi connectivity index (χ0v) is 31.7. The summed E-state index contributed by atoms with van der Waals surface area (Å²) in [5.74, 6) is 0.386. The summed E-state index contributed by atoms with van der Waals surface area (Å²) in [6, 6.07) is 1.45. The van der Waals surface area contributed by atoms with Crippen LogP contribution in [0.15, 0.2) is 18.6 Å². The highest BCUT2D eigenvalue weighted by Gasteiger charge is 2.50. The van der Waals surface area contributed by atoms with Gasteiger partial charge in [-0.15, -0.1) is 0 Å². The number of imidazole rings is 1. The summed E-state index contributed by atoms with van der Waals surface area (Å²) in [5.41, 5.74) is 4.82. The van der Waals surface area contributed by atoms with Crippen molar-refractivity contribution in [3.63, 3.8) is 0 Å². The number of rotatable bonds is 21. The second-order valence-corrected chi connectivity index (χ2v) is 18.5. The predicted octanol–water partition coefficient (Wildman–Crippen LogP) is 0.411. The van der Waals surface area contributed by atoms with E-state index >= 15 is 0 Å². The van der Waals surface area contributed by atoms with Crippen LogP contribution in [-0.4, -0.2) is 118 Å². The number of aromatic nitrogens is 3. The average Bonchev–Trinajstić information content (AvgIpc) is 3.58. The molecular formula is C24H41N6O16P3S2. The number of aliphatic hydroxyl groups excluding tert-OH is 2. The molecule has 27 heteroatoms. The highest BCUT2D eigenvalue weighted by Crippen LogP contribution is 2.61.